The topological polar surface area (TPSA) is 85.9 Å². The van der Waals surface area contributed by atoms with E-state index in [0.717, 1.165) is 12.8 Å². The van der Waals surface area contributed by atoms with E-state index in [1.54, 1.807) is 6.92 Å². The van der Waals surface area contributed by atoms with E-state index in [1.807, 2.05) is 38.1 Å². The van der Waals surface area contributed by atoms with Gasteiger partial charge in [0.15, 0.2) is 0 Å². The van der Waals surface area contributed by atoms with Crippen molar-refractivity contribution in [3.63, 3.8) is 0 Å². The second-order valence-electron chi connectivity index (χ2n) is 7.01. The summed E-state index contributed by atoms with van der Waals surface area (Å²) in [6.45, 7) is 6.45. The Morgan fingerprint density at radius 1 is 1.33 bits per heavy atom. The monoisotopic (exact) mass is 374 g/mol. The van der Waals surface area contributed by atoms with Gasteiger partial charge >= 0.3 is 12.0 Å². The molecule has 2 aliphatic rings. The molecule has 2 amide bonds. The molecule has 0 aliphatic carbocycles. The van der Waals surface area contributed by atoms with Crippen molar-refractivity contribution in [2.75, 3.05) is 13.2 Å². The third kappa shape index (κ3) is 4.60. The summed E-state index contributed by atoms with van der Waals surface area (Å²) in [4.78, 5) is 24.9. The molecule has 1 fully saturated rings. The molecule has 0 spiro atoms. The van der Waals surface area contributed by atoms with E-state index < -0.39 is 12.0 Å². The molecule has 27 heavy (non-hydrogen) atoms. The van der Waals surface area contributed by atoms with Gasteiger partial charge < -0.3 is 24.8 Å². The Balaban J connectivity index is 1.86. The van der Waals surface area contributed by atoms with Crippen LogP contribution in [-0.4, -0.2) is 37.4 Å². The van der Waals surface area contributed by atoms with Crippen molar-refractivity contribution >= 4 is 12.0 Å². The Bertz CT molecular complexity index is 738. The first-order valence-electron chi connectivity index (χ1n) is 9.28. The third-order valence-corrected chi connectivity index (χ3v) is 4.51. The Labute approximate surface area is 159 Å². The summed E-state index contributed by atoms with van der Waals surface area (Å²) in [6, 6.07) is 6.36. The molecular formula is C20H26N2O5. The SMILES string of the molecule is CC1=C(C(=O)OC[C@H]2CCCO2)[C@@H](c2ccccc2OC(C)C)NC(=O)N1. The van der Waals surface area contributed by atoms with E-state index in [9.17, 15) is 9.59 Å². The molecule has 2 atom stereocenters. The number of ether oxygens (including phenoxy) is 3. The van der Waals surface area contributed by atoms with E-state index in [-0.39, 0.29) is 24.8 Å². The highest BCUT2D eigenvalue weighted by atomic mass is 16.6. The van der Waals surface area contributed by atoms with Gasteiger partial charge in [0.1, 0.15) is 12.4 Å². The molecule has 1 saturated heterocycles. The van der Waals surface area contributed by atoms with E-state index in [2.05, 4.69) is 10.6 Å². The Hall–Kier alpha value is -2.54. The van der Waals surface area contributed by atoms with E-state index in [4.69, 9.17) is 14.2 Å². The fraction of sp³-hybridized carbons (Fsp3) is 0.500. The molecule has 2 heterocycles. The standard InChI is InChI=1S/C20H26N2O5/c1-12(2)27-16-9-5-4-8-15(16)18-17(13(3)21-20(24)22-18)19(23)26-11-14-7-6-10-25-14/h4-5,8-9,12,14,18H,6-7,10-11H2,1-3H3,(H2,21,22,24)/t14-,18-/m1/s1. The molecule has 3 rings (SSSR count). The highest BCUT2D eigenvalue weighted by Gasteiger charge is 2.34. The molecule has 0 unspecified atom stereocenters. The van der Waals surface area contributed by atoms with Crippen LogP contribution in [0.1, 0.15) is 45.2 Å². The van der Waals surface area contributed by atoms with Crippen molar-refractivity contribution in [3.8, 4) is 5.75 Å². The van der Waals surface area contributed by atoms with Crippen LogP contribution in [-0.2, 0) is 14.3 Å². The van der Waals surface area contributed by atoms with Crippen LogP contribution in [0.4, 0.5) is 4.79 Å². The van der Waals surface area contributed by atoms with E-state index in [1.165, 1.54) is 0 Å². The highest BCUT2D eigenvalue weighted by molar-refractivity contribution is 5.95. The molecule has 0 radical (unpaired) electrons. The third-order valence-electron chi connectivity index (χ3n) is 4.51. The zero-order chi connectivity index (χ0) is 19.4. The number of urea groups is 1. The molecule has 1 aromatic rings. The first-order valence-corrected chi connectivity index (χ1v) is 9.28. The van der Waals surface area contributed by atoms with Gasteiger partial charge in [-0.25, -0.2) is 9.59 Å². The molecular weight excluding hydrogens is 348 g/mol. The number of allylic oxidation sites excluding steroid dienone is 1. The number of rotatable bonds is 6. The van der Waals surface area contributed by atoms with Crippen LogP contribution in [0.3, 0.4) is 0 Å². The number of benzene rings is 1. The van der Waals surface area contributed by atoms with Crippen LogP contribution in [0.2, 0.25) is 0 Å². The first kappa shape index (κ1) is 19.2. The quantitative estimate of drug-likeness (QED) is 0.748. The minimum atomic E-state index is -0.648. The lowest BCUT2D eigenvalue weighted by Gasteiger charge is -2.29. The van der Waals surface area contributed by atoms with Crippen molar-refractivity contribution in [2.24, 2.45) is 0 Å². The maximum atomic E-state index is 12.8. The summed E-state index contributed by atoms with van der Waals surface area (Å²) < 4.78 is 16.9. The van der Waals surface area contributed by atoms with Crippen molar-refractivity contribution in [1.29, 1.82) is 0 Å². The predicted octanol–water partition coefficient (Wildman–Crippen LogP) is 2.82. The minimum absolute atomic E-state index is 0.0384. The van der Waals surface area contributed by atoms with Crippen molar-refractivity contribution < 1.29 is 23.8 Å². The lowest BCUT2D eigenvalue weighted by molar-refractivity contribution is -0.142. The number of nitrogens with one attached hydrogen (secondary N) is 2. The maximum Gasteiger partial charge on any atom is 0.338 e. The van der Waals surface area contributed by atoms with Crippen molar-refractivity contribution in [1.82, 2.24) is 10.6 Å². The number of hydrogen-bond donors (Lipinski definition) is 2. The minimum Gasteiger partial charge on any atom is -0.491 e. The Kier molecular flexibility index (Phi) is 6.01. The summed E-state index contributed by atoms with van der Waals surface area (Å²) in [5.74, 6) is 0.150. The molecule has 2 aliphatic heterocycles. The normalized spacial score (nSPS) is 22.4. The first-order chi connectivity index (χ1) is 13.0. The van der Waals surface area contributed by atoms with Crippen LogP contribution in [0, 0.1) is 0 Å². The maximum absolute atomic E-state index is 12.8. The van der Waals surface area contributed by atoms with Crippen LogP contribution in [0.15, 0.2) is 35.5 Å². The Morgan fingerprint density at radius 3 is 2.81 bits per heavy atom. The zero-order valence-electron chi connectivity index (χ0n) is 15.9. The molecule has 146 valence electrons. The summed E-state index contributed by atoms with van der Waals surface area (Å²) in [5, 5.41) is 5.47. The molecule has 0 bridgehead atoms. The number of esters is 1. The zero-order valence-corrected chi connectivity index (χ0v) is 15.9. The summed E-state index contributed by atoms with van der Waals surface area (Å²) in [5.41, 5.74) is 1.55. The average molecular weight is 374 g/mol. The van der Waals surface area contributed by atoms with Gasteiger partial charge in [0.2, 0.25) is 0 Å². The largest absolute Gasteiger partial charge is 0.491 e. The average Bonchev–Trinajstić information content (AvgIpc) is 3.12. The van der Waals surface area contributed by atoms with Crippen LogP contribution >= 0.6 is 0 Å². The highest BCUT2D eigenvalue weighted by Crippen LogP contribution is 2.34. The number of carbonyl (C=O) groups is 2. The smallest absolute Gasteiger partial charge is 0.338 e. The molecule has 7 nitrogen and oxygen atoms in total. The summed E-state index contributed by atoms with van der Waals surface area (Å²) in [7, 11) is 0. The number of para-hydroxylation sites is 1. The van der Waals surface area contributed by atoms with Gasteiger partial charge in [-0.05, 0) is 39.7 Å². The van der Waals surface area contributed by atoms with Gasteiger partial charge in [0, 0.05) is 17.9 Å². The van der Waals surface area contributed by atoms with Crippen molar-refractivity contribution in [3.05, 3.63) is 41.1 Å². The van der Waals surface area contributed by atoms with Gasteiger partial charge in [-0.3, -0.25) is 0 Å². The second kappa shape index (κ2) is 8.43. The van der Waals surface area contributed by atoms with Crippen LogP contribution in [0.25, 0.3) is 0 Å². The van der Waals surface area contributed by atoms with Gasteiger partial charge in [0.05, 0.1) is 23.8 Å². The molecule has 1 aromatic carbocycles. The molecule has 2 N–H and O–H groups in total. The summed E-state index contributed by atoms with van der Waals surface area (Å²) >= 11 is 0. The molecule has 0 saturated carbocycles. The number of amides is 2. The van der Waals surface area contributed by atoms with Gasteiger partial charge in [-0.2, -0.15) is 0 Å². The molecule has 0 aromatic heterocycles. The van der Waals surface area contributed by atoms with Gasteiger partial charge in [-0.1, -0.05) is 18.2 Å². The van der Waals surface area contributed by atoms with Gasteiger partial charge in [-0.15, -0.1) is 0 Å². The lowest BCUT2D eigenvalue weighted by Crippen LogP contribution is -2.45. The fourth-order valence-electron chi connectivity index (χ4n) is 3.30. The number of hydrogen-bond acceptors (Lipinski definition) is 5. The van der Waals surface area contributed by atoms with E-state index >= 15 is 0 Å². The van der Waals surface area contributed by atoms with Gasteiger partial charge in [0.25, 0.3) is 0 Å². The predicted molar refractivity (Wildman–Crippen MR) is 99.2 cm³/mol. The Morgan fingerprint density at radius 2 is 2.11 bits per heavy atom. The summed E-state index contributed by atoms with van der Waals surface area (Å²) in [6.07, 6.45) is 1.76. The lowest BCUT2D eigenvalue weighted by atomic mass is 9.95. The number of carbonyl (C=O) groups excluding carboxylic acids is 2. The fourth-order valence-corrected chi connectivity index (χ4v) is 3.30. The second-order valence-corrected chi connectivity index (χ2v) is 7.01. The van der Waals surface area contributed by atoms with Crippen LogP contribution in [0.5, 0.6) is 5.75 Å². The van der Waals surface area contributed by atoms with Crippen molar-refractivity contribution in [2.45, 2.75) is 51.9 Å². The van der Waals surface area contributed by atoms with Crippen LogP contribution < -0.4 is 15.4 Å². The van der Waals surface area contributed by atoms with E-state index in [0.29, 0.717) is 29.2 Å². The molecule has 7 heteroatoms.